The van der Waals surface area contributed by atoms with Gasteiger partial charge in [-0.2, -0.15) is 0 Å². The summed E-state index contributed by atoms with van der Waals surface area (Å²) in [5.74, 6) is 0.269. The molecule has 26 heavy (non-hydrogen) atoms. The van der Waals surface area contributed by atoms with Crippen LogP contribution in [0.15, 0.2) is 85.5 Å². The minimum atomic E-state index is -0.798. The molecule has 0 aliphatic carbocycles. The molecule has 0 aliphatic rings. The number of ether oxygens (including phenoxy) is 2. The van der Waals surface area contributed by atoms with Crippen molar-refractivity contribution in [2.24, 2.45) is 0 Å². The van der Waals surface area contributed by atoms with Gasteiger partial charge in [-0.05, 0) is 41.0 Å². The van der Waals surface area contributed by atoms with Gasteiger partial charge in [0.15, 0.2) is 0 Å². The van der Waals surface area contributed by atoms with Crippen molar-refractivity contribution in [2.45, 2.75) is 12.7 Å². The second-order valence-corrected chi connectivity index (χ2v) is 5.56. The third kappa shape index (κ3) is 4.94. The standard InChI is InChI=1S/C22H22O4/c1-4-7-17(5-2)21(23)19-8-6-9-20(14-19)26-15-16-10-12-18(13-11-16)22(24)25-3/h4-14,21,23H,1-2,15H2,3H3/b17-7+. The van der Waals surface area contributed by atoms with Crippen molar-refractivity contribution in [1.29, 1.82) is 0 Å². The van der Waals surface area contributed by atoms with Gasteiger partial charge in [-0.25, -0.2) is 4.79 Å². The van der Waals surface area contributed by atoms with Crippen LogP contribution in [0.5, 0.6) is 5.75 Å². The topological polar surface area (TPSA) is 55.8 Å². The Balaban J connectivity index is 2.07. The summed E-state index contributed by atoms with van der Waals surface area (Å²) in [6.45, 7) is 7.69. The van der Waals surface area contributed by atoms with Gasteiger partial charge in [-0.1, -0.05) is 55.7 Å². The molecule has 0 saturated heterocycles. The molecule has 2 aromatic rings. The van der Waals surface area contributed by atoms with Crippen LogP contribution < -0.4 is 4.74 Å². The molecule has 0 aliphatic heterocycles. The van der Waals surface area contributed by atoms with Crippen molar-refractivity contribution in [3.8, 4) is 5.75 Å². The summed E-state index contributed by atoms with van der Waals surface area (Å²) in [7, 11) is 1.35. The molecule has 0 aromatic heterocycles. The Morgan fingerprint density at radius 1 is 1.19 bits per heavy atom. The number of carbonyl (C=O) groups excluding carboxylic acids is 1. The van der Waals surface area contributed by atoms with E-state index in [1.807, 2.05) is 30.3 Å². The lowest BCUT2D eigenvalue weighted by atomic mass is 10.0. The summed E-state index contributed by atoms with van der Waals surface area (Å²) in [6.07, 6.45) is 4.13. The highest BCUT2D eigenvalue weighted by atomic mass is 16.5. The van der Waals surface area contributed by atoms with Gasteiger partial charge in [0.1, 0.15) is 18.5 Å². The molecule has 0 heterocycles. The van der Waals surface area contributed by atoms with Gasteiger partial charge in [0.2, 0.25) is 0 Å². The quantitative estimate of drug-likeness (QED) is 0.567. The highest BCUT2D eigenvalue weighted by molar-refractivity contribution is 5.89. The number of hydrogen-bond acceptors (Lipinski definition) is 4. The van der Waals surface area contributed by atoms with Gasteiger partial charge in [-0.3, -0.25) is 0 Å². The number of rotatable bonds is 8. The molecule has 1 unspecified atom stereocenters. The lowest BCUT2D eigenvalue weighted by Gasteiger charge is -2.14. The van der Waals surface area contributed by atoms with E-state index < -0.39 is 6.10 Å². The second kappa shape index (κ2) is 9.39. The maximum atomic E-state index is 11.4. The third-order valence-corrected chi connectivity index (χ3v) is 3.82. The lowest BCUT2D eigenvalue weighted by Crippen LogP contribution is -2.03. The summed E-state index contributed by atoms with van der Waals surface area (Å²) in [5.41, 5.74) is 2.78. The van der Waals surface area contributed by atoms with Crippen LogP contribution in [-0.2, 0) is 11.3 Å². The number of hydrogen-bond donors (Lipinski definition) is 1. The van der Waals surface area contributed by atoms with Gasteiger partial charge < -0.3 is 14.6 Å². The molecule has 0 radical (unpaired) electrons. The van der Waals surface area contributed by atoms with Crippen molar-refractivity contribution in [3.63, 3.8) is 0 Å². The van der Waals surface area contributed by atoms with E-state index in [-0.39, 0.29) is 5.97 Å². The van der Waals surface area contributed by atoms with Crippen molar-refractivity contribution in [3.05, 3.63) is 102 Å². The summed E-state index contributed by atoms with van der Waals surface area (Å²) in [6, 6.07) is 14.3. The van der Waals surface area contributed by atoms with Crippen LogP contribution in [0.4, 0.5) is 0 Å². The average Bonchev–Trinajstić information content (AvgIpc) is 2.70. The van der Waals surface area contributed by atoms with Crippen molar-refractivity contribution < 1.29 is 19.4 Å². The number of aliphatic hydroxyl groups is 1. The Morgan fingerprint density at radius 3 is 2.54 bits per heavy atom. The smallest absolute Gasteiger partial charge is 0.337 e. The van der Waals surface area contributed by atoms with E-state index in [1.165, 1.54) is 7.11 Å². The van der Waals surface area contributed by atoms with Gasteiger partial charge in [0.05, 0.1) is 12.7 Å². The Morgan fingerprint density at radius 2 is 1.92 bits per heavy atom. The Bertz CT molecular complexity index is 803. The highest BCUT2D eigenvalue weighted by Crippen LogP contribution is 2.26. The average molecular weight is 350 g/mol. The molecule has 0 saturated carbocycles. The van der Waals surface area contributed by atoms with Crippen LogP contribution in [0.2, 0.25) is 0 Å². The lowest BCUT2D eigenvalue weighted by molar-refractivity contribution is 0.0600. The fraction of sp³-hybridized carbons (Fsp3) is 0.136. The van der Waals surface area contributed by atoms with E-state index in [9.17, 15) is 9.90 Å². The molecular formula is C22H22O4. The molecule has 4 heteroatoms. The molecule has 134 valence electrons. The third-order valence-electron chi connectivity index (χ3n) is 3.82. The number of aliphatic hydroxyl groups excluding tert-OH is 1. The molecule has 2 rings (SSSR count). The predicted molar refractivity (Wildman–Crippen MR) is 102 cm³/mol. The molecular weight excluding hydrogens is 328 g/mol. The first-order valence-electron chi connectivity index (χ1n) is 8.12. The normalized spacial score (nSPS) is 12.2. The first-order chi connectivity index (χ1) is 12.6. The number of esters is 1. The van der Waals surface area contributed by atoms with Crippen molar-refractivity contribution in [1.82, 2.24) is 0 Å². The Labute approximate surface area is 153 Å². The number of carbonyl (C=O) groups is 1. The zero-order chi connectivity index (χ0) is 18.9. The van der Waals surface area contributed by atoms with E-state index in [2.05, 4.69) is 17.9 Å². The molecule has 1 N–H and O–H groups in total. The summed E-state index contributed by atoms with van der Waals surface area (Å²) in [5, 5.41) is 10.4. The molecule has 0 bridgehead atoms. The Kier molecular flexibility index (Phi) is 6.94. The predicted octanol–water partition coefficient (Wildman–Crippen LogP) is 4.38. The van der Waals surface area contributed by atoms with Crippen LogP contribution in [0.25, 0.3) is 0 Å². The largest absolute Gasteiger partial charge is 0.489 e. The molecule has 0 fully saturated rings. The first-order valence-corrected chi connectivity index (χ1v) is 8.12. The maximum absolute atomic E-state index is 11.4. The number of allylic oxidation sites excluding steroid dienone is 2. The van der Waals surface area contributed by atoms with Crippen LogP contribution >= 0.6 is 0 Å². The van der Waals surface area contributed by atoms with Crippen LogP contribution in [0, 0.1) is 0 Å². The minimum Gasteiger partial charge on any atom is -0.489 e. The van der Waals surface area contributed by atoms with Crippen LogP contribution in [-0.4, -0.2) is 18.2 Å². The molecule has 1 atom stereocenters. The molecule has 0 spiro atoms. The number of methoxy groups -OCH3 is 1. The summed E-state index contributed by atoms with van der Waals surface area (Å²) < 4.78 is 10.5. The zero-order valence-electron chi connectivity index (χ0n) is 14.7. The van der Waals surface area contributed by atoms with E-state index in [0.717, 1.165) is 5.56 Å². The van der Waals surface area contributed by atoms with Gasteiger partial charge in [0.25, 0.3) is 0 Å². The SMILES string of the molecule is C=C/C=C(\C=C)C(O)c1cccc(OCc2ccc(C(=O)OC)cc2)c1. The minimum absolute atomic E-state index is 0.345. The van der Waals surface area contributed by atoms with E-state index >= 15 is 0 Å². The maximum Gasteiger partial charge on any atom is 0.337 e. The Hall–Kier alpha value is -3.11. The molecule has 0 amide bonds. The molecule has 4 nitrogen and oxygen atoms in total. The van der Waals surface area contributed by atoms with Crippen LogP contribution in [0.3, 0.4) is 0 Å². The van der Waals surface area contributed by atoms with E-state index in [0.29, 0.717) is 29.1 Å². The second-order valence-electron chi connectivity index (χ2n) is 5.56. The molecule has 2 aromatic carbocycles. The number of benzene rings is 2. The van der Waals surface area contributed by atoms with Crippen LogP contribution in [0.1, 0.15) is 27.6 Å². The zero-order valence-corrected chi connectivity index (χ0v) is 14.7. The summed E-state index contributed by atoms with van der Waals surface area (Å²) >= 11 is 0. The van der Waals surface area contributed by atoms with Gasteiger partial charge in [-0.15, -0.1) is 0 Å². The fourth-order valence-corrected chi connectivity index (χ4v) is 2.40. The van der Waals surface area contributed by atoms with Crippen molar-refractivity contribution in [2.75, 3.05) is 7.11 Å². The fourth-order valence-electron chi connectivity index (χ4n) is 2.40. The van der Waals surface area contributed by atoms with Gasteiger partial charge >= 0.3 is 5.97 Å². The summed E-state index contributed by atoms with van der Waals surface area (Å²) in [4.78, 5) is 11.4. The van der Waals surface area contributed by atoms with E-state index in [1.54, 1.807) is 36.4 Å². The monoisotopic (exact) mass is 350 g/mol. The highest BCUT2D eigenvalue weighted by Gasteiger charge is 2.11. The first kappa shape index (κ1) is 19.2. The van der Waals surface area contributed by atoms with Gasteiger partial charge in [0, 0.05) is 0 Å². The van der Waals surface area contributed by atoms with E-state index in [4.69, 9.17) is 4.74 Å². The van der Waals surface area contributed by atoms with Crippen molar-refractivity contribution >= 4 is 5.97 Å².